The topological polar surface area (TPSA) is 487 Å². The Hall–Kier alpha value is -9.43. The van der Waals surface area contributed by atoms with Crippen molar-refractivity contribution in [2.24, 2.45) is 5.73 Å². The number of carbonyl (C=O) groups is 14. The van der Waals surface area contributed by atoms with Gasteiger partial charge in [0.1, 0.15) is 23.9 Å². The largest absolute Gasteiger partial charge is 0.508 e. The van der Waals surface area contributed by atoms with Crippen LogP contribution in [0.4, 0.5) is 0 Å². The molecule has 0 saturated carbocycles. The fourth-order valence-corrected chi connectivity index (χ4v) is 7.95. The third-order valence-electron chi connectivity index (χ3n) is 12.1. The molecule has 0 aliphatic heterocycles. The van der Waals surface area contributed by atoms with Crippen LogP contribution in [0.1, 0.15) is 88.1 Å². The molecule has 17 N–H and O–H groups in total. The van der Waals surface area contributed by atoms with E-state index in [-0.39, 0.29) is 112 Å². The smallest absolute Gasteiger partial charge is 0.243 e. The van der Waals surface area contributed by atoms with Crippen LogP contribution in [-0.2, 0) is 86.4 Å². The summed E-state index contributed by atoms with van der Waals surface area (Å²) >= 11 is 0.741. The van der Waals surface area contributed by atoms with E-state index in [1.54, 1.807) is 12.4 Å². The Balaban J connectivity index is 1.56. The molecule has 33 heteroatoms. The zero-order valence-electron chi connectivity index (χ0n) is 47.7. The quantitative estimate of drug-likeness (QED) is 0.0236. The molecule has 2 heterocycles. The van der Waals surface area contributed by atoms with Crippen molar-refractivity contribution in [3.63, 3.8) is 0 Å². The number of hydrogen-bond donors (Lipinski definition) is 16. The number of H-pyrrole nitrogens is 2. The number of aromatic hydroxyl groups is 1. The van der Waals surface area contributed by atoms with Crippen molar-refractivity contribution in [2.75, 3.05) is 64.7 Å². The summed E-state index contributed by atoms with van der Waals surface area (Å²) in [4.78, 5) is 189. The van der Waals surface area contributed by atoms with Gasteiger partial charge in [-0.15, -0.1) is 0 Å². The van der Waals surface area contributed by atoms with E-state index in [0.717, 1.165) is 23.1 Å². The summed E-state index contributed by atoms with van der Waals surface area (Å²) in [5, 5.41) is 39.7. The molecular weight excluding hydrogens is 1150 g/mol. The van der Waals surface area contributed by atoms with Crippen LogP contribution in [0.25, 0.3) is 0 Å². The summed E-state index contributed by atoms with van der Waals surface area (Å²) < 4.78 is 0. The molecular formula is C53H77N17O15S. The summed E-state index contributed by atoms with van der Waals surface area (Å²) in [5.74, 6) is -8.80. The molecule has 3 rings (SSSR count). The Bertz CT molecular complexity index is 2730. The van der Waals surface area contributed by atoms with Gasteiger partial charge in [0.05, 0.1) is 51.1 Å². The van der Waals surface area contributed by atoms with Gasteiger partial charge in [0.25, 0.3) is 0 Å². The number of amides is 13. The van der Waals surface area contributed by atoms with E-state index in [0.29, 0.717) is 37.9 Å². The number of aromatic nitrogens is 4. The first-order chi connectivity index (χ1) is 41.1. The molecule has 32 nitrogen and oxygen atoms in total. The van der Waals surface area contributed by atoms with Crippen LogP contribution in [0, 0.1) is 0 Å². The molecule has 0 fully saturated rings. The molecule has 3 aromatic rings. The summed E-state index contributed by atoms with van der Waals surface area (Å²) in [6.07, 6.45) is 7.54. The number of primary amides is 1. The molecule has 86 heavy (non-hydrogen) atoms. The molecule has 0 spiro atoms. The van der Waals surface area contributed by atoms with Crippen molar-refractivity contribution < 1.29 is 72.2 Å². The Morgan fingerprint density at radius 2 is 0.872 bits per heavy atom. The highest BCUT2D eigenvalue weighted by Crippen LogP contribution is 2.13. The predicted molar refractivity (Wildman–Crippen MR) is 308 cm³/mol. The van der Waals surface area contributed by atoms with E-state index in [1.165, 1.54) is 43.8 Å². The highest BCUT2D eigenvalue weighted by molar-refractivity contribution is 8.14. The van der Waals surface area contributed by atoms with E-state index in [1.807, 2.05) is 0 Å². The second-order valence-electron chi connectivity index (χ2n) is 19.2. The minimum Gasteiger partial charge on any atom is -0.508 e. The Labute approximate surface area is 498 Å². The third kappa shape index (κ3) is 33.0. The molecule has 2 aromatic heterocycles. The van der Waals surface area contributed by atoms with Gasteiger partial charge in [-0.1, -0.05) is 23.9 Å². The van der Waals surface area contributed by atoms with E-state index in [2.05, 4.69) is 83.7 Å². The molecule has 0 aliphatic carbocycles. The summed E-state index contributed by atoms with van der Waals surface area (Å²) in [7, 11) is 0. The fourth-order valence-electron chi connectivity index (χ4n) is 7.51. The summed E-state index contributed by atoms with van der Waals surface area (Å²) in [5.41, 5.74) is 7.81. The van der Waals surface area contributed by atoms with E-state index < -0.39 is 109 Å². The van der Waals surface area contributed by atoms with E-state index >= 15 is 0 Å². The molecule has 0 radical (unpaired) electrons. The first kappa shape index (κ1) is 70.8. The average Bonchev–Trinajstić information content (AvgIpc) is 4.29. The number of unbranched alkanes of at least 4 members (excludes halogenated alkanes) is 2. The van der Waals surface area contributed by atoms with Gasteiger partial charge in [0.15, 0.2) is 5.12 Å². The zero-order valence-corrected chi connectivity index (χ0v) is 48.5. The number of rotatable bonds is 42. The fraction of sp³-hybridized carbons (Fsp3) is 0.509. The third-order valence-corrected chi connectivity index (χ3v) is 13.0. The number of phenols is 1. The van der Waals surface area contributed by atoms with Gasteiger partial charge in [-0.05, 0) is 56.2 Å². The first-order valence-corrected chi connectivity index (χ1v) is 28.6. The lowest BCUT2D eigenvalue weighted by Gasteiger charge is -2.25. The van der Waals surface area contributed by atoms with Crippen LogP contribution in [0.2, 0.25) is 0 Å². The molecule has 3 atom stereocenters. The van der Waals surface area contributed by atoms with Gasteiger partial charge in [0, 0.05) is 102 Å². The minimum atomic E-state index is -1.43. The highest BCUT2D eigenvalue weighted by atomic mass is 32.2. The van der Waals surface area contributed by atoms with Crippen LogP contribution in [0.5, 0.6) is 5.75 Å². The van der Waals surface area contributed by atoms with Crippen molar-refractivity contribution in [1.29, 1.82) is 0 Å². The molecule has 0 unspecified atom stereocenters. The minimum absolute atomic E-state index is 0.000444. The second-order valence-corrected chi connectivity index (χ2v) is 20.4. The maximum absolute atomic E-state index is 14.1. The molecule has 1 aromatic carbocycles. The Morgan fingerprint density at radius 3 is 1.33 bits per heavy atom. The molecule has 13 amide bonds. The van der Waals surface area contributed by atoms with E-state index in [4.69, 9.17) is 5.73 Å². The first-order valence-electron chi connectivity index (χ1n) is 27.6. The SMILES string of the molecule is CC(=O)SCC(=O)NCC(=O)NCC(=O)NCC(=O)N[C@@H](CCCCNC(=O)CNC(=O)CCC(=O)NCCc1cnc[nH]1)C(=O)N[C@H](Cc1ccc(O)cc1)C(=O)N[C@@H](CCCCNC(=O)CNC(=O)CCC(=O)NCCc1cnc[nH]1)C(N)=O. The van der Waals surface area contributed by atoms with Crippen LogP contribution >= 0.6 is 11.8 Å². The molecule has 0 aliphatic rings. The number of phenolic OH excluding ortho intramolecular Hbond substituents is 1. The van der Waals surface area contributed by atoms with Crippen LogP contribution in [-0.4, -0.2) is 190 Å². The van der Waals surface area contributed by atoms with Crippen molar-refractivity contribution in [3.8, 4) is 5.75 Å². The van der Waals surface area contributed by atoms with Gasteiger partial charge < -0.3 is 84.6 Å². The lowest BCUT2D eigenvalue weighted by atomic mass is 10.0. The van der Waals surface area contributed by atoms with Crippen molar-refractivity contribution >= 4 is 93.7 Å². The lowest BCUT2D eigenvalue weighted by Crippen LogP contribution is -2.57. The van der Waals surface area contributed by atoms with Crippen molar-refractivity contribution in [3.05, 3.63) is 66.3 Å². The van der Waals surface area contributed by atoms with Gasteiger partial charge >= 0.3 is 0 Å². The summed E-state index contributed by atoms with van der Waals surface area (Å²) in [6.45, 7) is -0.407. The molecule has 0 saturated heterocycles. The number of benzene rings is 1. The van der Waals surface area contributed by atoms with Crippen molar-refractivity contribution in [1.82, 2.24) is 83.7 Å². The van der Waals surface area contributed by atoms with Gasteiger partial charge in [0.2, 0.25) is 76.8 Å². The number of thioether (sulfide) groups is 1. The number of nitrogens with two attached hydrogens (primary N) is 1. The Kier molecular flexibility index (Phi) is 33.5. The maximum Gasteiger partial charge on any atom is 0.243 e. The highest BCUT2D eigenvalue weighted by Gasteiger charge is 2.30. The Morgan fingerprint density at radius 1 is 0.477 bits per heavy atom. The normalized spacial score (nSPS) is 11.6. The lowest BCUT2D eigenvalue weighted by molar-refractivity contribution is -0.133. The monoisotopic (exact) mass is 1220 g/mol. The second kappa shape index (κ2) is 40.7. The standard InChI is InChI=1S/C53H77N17O15S/c1-33(71)86-30-50(82)65-28-48(80)63-27-47(79)64-29-49(81)68-39(7-3-5-19-58-46(78)26-62-44(76)15-13-42(74)60-21-17-36-24-56-32-67-36)52(84)70-40(22-34-8-10-37(72)11-9-34)53(85)69-38(51(54)83)6-2-4-18-57-45(77)25-61-43(75)14-12-41(73)59-20-16-35-23-55-31-66-35/h8-11,23-24,31-32,38-40,72H,2-7,12-22,25-30H2,1H3,(H2,54,83)(H,55,66)(H,56,67)(H,57,77)(H,58,78)(H,59,73)(H,60,74)(H,61,75)(H,62,76)(H,63,80)(H,64,79)(H,65,82)(H,68,81)(H,69,85)(H,70,84)/t38-,39-,40+/m0/s1. The number of nitrogens with zero attached hydrogens (tertiary/aromatic N) is 2. The maximum atomic E-state index is 14.1. The van der Waals surface area contributed by atoms with Gasteiger partial charge in [-0.25, -0.2) is 9.97 Å². The predicted octanol–water partition coefficient (Wildman–Crippen LogP) is -4.97. The zero-order chi connectivity index (χ0) is 63.1. The number of carbonyl (C=O) groups excluding carboxylic acids is 14. The van der Waals surface area contributed by atoms with Crippen molar-refractivity contribution in [2.45, 2.75) is 109 Å². The van der Waals surface area contributed by atoms with E-state index in [9.17, 15) is 72.2 Å². The number of nitrogens with one attached hydrogen (secondary N) is 14. The molecule has 0 bridgehead atoms. The average molecular weight is 1220 g/mol. The van der Waals surface area contributed by atoms with Crippen LogP contribution in [0.15, 0.2) is 49.3 Å². The summed E-state index contributed by atoms with van der Waals surface area (Å²) in [6, 6.07) is 1.58. The van der Waals surface area contributed by atoms with Gasteiger partial charge in [-0.2, -0.15) is 0 Å². The number of aromatic amines is 2. The number of imidazole rings is 2. The van der Waals surface area contributed by atoms with Crippen LogP contribution in [0.3, 0.4) is 0 Å². The molecule has 470 valence electrons. The van der Waals surface area contributed by atoms with Crippen LogP contribution < -0.4 is 69.5 Å². The van der Waals surface area contributed by atoms with Gasteiger partial charge in [-0.3, -0.25) is 67.1 Å². The number of hydrogen-bond acceptors (Lipinski definition) is 18.